The van der Waals surface area contributed by atoms with Gasteiger partial charge in [-0.15, -0.1) is 0 Å². The highest BCUT2D eigenvalue weighted by molar-refractivity contribution is 6.07. The van der Waals surface area contributed by atoms with Gasteiger partial charge in [0.25, 0.3) is 0 Å². The van der Waals surface area contributed by atoms with E-state index in [9.17, 15) is 9.50 Å². The Labute approximate surface area is 252 Å². The molecule has 4 aromatic rings. The van der Waals surface area contributed by atoms with Gasteiger partial charge in [0.05, 0.1) is 16.5 Å². The van der Waals surface area contributed by atoms with Gasteiger partial charge in [-0.25, -0.2) is 8.78 Å². The van der Waals surface area contributed by atoms with Crippen LogP contribution in [0.4, 0.5) is 14.6 Å². The topological polar surface area (TPSA) is 92.2 Å². The zero-order valence-electron chi connectivity index (χ0n) is 24.2. The second kappa shape index (κ2) is 9.77. The minimum atomic E-state index is -0.889. The van der Waals surface area contributed by atoms with Crippen molar-refractivity contribution in [1.29, 1.82) is 0 Å². The zero-order chi connectivity index (χ0) is 29.6. The largest absolute Gasteiger partial charge is 0.508 e. The first-order valence-electron chi connectivity index (χ1n) is 15.5. The van der Waals surface area contributed by atoms with Crippen LogP contribution in [-0.4, -0.2) is 83.3 Å². The van der Waals surface area contributed by atoms with E-state index < -0.39 is 17.5 Å². The number of benzene rings is 3. The summed E-state index contributed by atoms with van der Waals surface area (Å²) in [6.45, 7) is 2.83. The molecule has 0 saturated carbocycles. The Hall–Kier alpha value is -3.96. The molecule has 5 aliphatic rings. The van der Waals surface area contributed by atoms with Crippen molar-refractivity contribution in [2.24, 2.45) is 0 Å². The molecule has 3 aromatic carbocycles. The Morgan fingerprint density at radius 2 is 1.89 bits per heavy atom. The van der Waals surface area contributed by atoms with Crippen LogP contribution >= 0.6 is 0 Å². The Balaban J connectivity index is 1.24. The van der Waals surface area contributed by atoms with Gasteiger partial charge in [-0.3, -0.25) is 4.90 Å². The number of nitrogens with one attached hydrogen (secondary N) is 1. The van der Waals surface area contributed by atoms with Crippen LogP contribution in [0.3, 0.4) is 0 Å². The maximum atomic E-state index is 17.1. The number of hydrogen-bond donors (Lipinski definition) is 2. The molecule has 0 unspecified atom stereocenters. The van der Waals surface area contributed by atoms with E-state index in [2.05, 4.69) is 20.1 Å². The lowest BCUT2D eigenvalue weighted by Gasteiger charge is -2.35. The minimum absolute atomic E-state index is 0.0117. The van der Waals surface area contributed by atoms with Gasteiger partial charge in [0.2, 0.25) is 6.79 Å². The van der Waals surface area contributed by atoms with E-state index in [1.807, 2.05) is 24.3 Å². The number of aromatic nitrogens is 2. The number of ether oxygens (including phenoxy) is 3. The van der Waals surface area contributed by atoms with Crippen LogP contribution in [0.25, 0.3) is 32.8 Å². The summed E-state index contributed by atoms with van der Waals surface area (Å²) < 4.78 is 49.9. The summed E-state index contributed by atoms with van der Waals surface area (Å²) in [6.07, 6.45) is 3.49. The van der Waals surface area contributed by atoms with Crippen molar-refractivity contribution in [3.05, 3.63) is 42.2 Å². The van der Waals surface area contributed by atoms with E-state index in [4.69, 9.17) is 19.2 Å². The lowest BCUT2D eigenvalue weighted by molar-refractivity contribution is 0.107. The van der Waals surface area contributed by atoms with Gasteiger partial charge in [0.1, 0.15) is 29.9 Å². The Bertz CT molecular complexity index is 1810. The van der Waals surface area contributed by atoms with Gasteiger partial charge in [0.15, 0.2) is 17.3 Å². The number of hydrogen-bond acceptors (Lipinski definition) is 9. The summed E-state index contributed by atoms with van der Waals surface area (Å²) in [7, 11) is 0. The third kappa shape index (κ3) is 4.01. The first kappa shape index (κ1) is 26.4. The Morgan fingerprint density at radius 3 is 2.75 bits per heavy atom. The molecule has 228 valence electrons. The number of rotatable bonds is 5. The number of anilines is 1. The highest BCUT2D eigenvalue weighted by atomic mass is 19.1. The minimum Gasteiger partial charge on any atom is -0.508 e. The monoisotopic (exact) mass is 601 g/mol. The third-order valence-electron chi connectivity index (χ3n) is 10.2. The highest BCUT2D eigenvalue weighted by Crippen LogP contribution is 2.52. The second-order valence-electron chi connectivity index (χ2n) is 12.9. The third-order valence-corrected chi connectivity index (χ3v) is 10.2. The normalized spacial score (nSPS) is 27.5. The summed E-state index contributed by atoms with van der Waals surface area (Å²) in [5.41, 5.74) is 0.318. The molecule has 44 heavy (non-hydrogen) atoms. The molecule has 0 amide bonds. The molecule has 1 aromatic heterocycles. The molecule has 2 N–H and O–H groups in total. The molecular weight excluding hydrogens is 568 g/mol. The van der Waals surface area contributed by atoms with Gasteiger partial charge in [-0.1, -0.05) is 24.3 Å². The number of phenolic OH excluding ortho intramolecular Hbond substituents is 1. The van der Waals surface area contributed by atoms with Gasteiger partial charge in [-0.2, -0.15) is 9.97 Å². The SMILES string of the molecule is Oc1cc(-c2c3c(c4c(N5C[C@H]6CC[C@@H](C5)N6)nc(OC[C@@]56CCCN5C[C@H](F)C6)nc4c2F)OCO3)c2ccccc2c1. The first-order chi connectivity index (χ1) is 21.5. The summed E-state index contributed by atoms with van der Waals surface area (Å²) in [5, 5.41) is 16.2. The van der Waals surface area contributed by atoms with Crippen LogP contribution in [-0.2, 0) is 0 Å². The van der Waals surface area contributed by atoms with E-state index in [1.165, 1.54) is 0 Å². The fraction of sp³-hybridized carbons (Fsp3) is 0.455. The summed E-state index contributed by atoms with van der Waals surface area (Å²) in [5.74, 6) is 0.609. The predicted octanol–water partition coefficient (Wildman–Crippen LogP) is 4.92. The smallest absolute Gasteiger partial charge is 0.319 e. The van der Waals surface area contributed by atoms with Gasteiger partial charge < -0.3 is 29.5 Å². The molecule has 6 heterocycles. The van der Waals surface area contributed by atoms with Crippen LogP contribution < -0.4 is 24.4 Å². The van der Waals surface area contributed by atoms with Crippen LogP contribution in [0.1, 0.15) is 32.1 Å². The van der Waals surface area contributed by atoms with E-state index in [1.54, 1.807) is 12.1 Å². The van der Waals surface area contributed by atoms with Gasteiger partial charge in [-0.05, 0) is 55.1 Å². The van der Waals surface area contributed by atoms with Crippen molar-refractivity contribution >= 4 is 27.5 Å². The van der Waals surface area contributed by atoms with Crippen molar-refractivity contribution < 1.29 is 28.1 Å². The molecular formula is C33H33F2N5O4. The van der Waals surface area contributed by atoms with Crippen LogP contribution in [0, 0.1) is 5.82 Å². The van der Waals surface area contributed by atoms with Crippen LogP contribution in [0.5, 0.6) is 23.3 Å². The molecule has 9 rings (SSSR count). The summed E-state index contributed by atoms with van der Waals surface area (Å²) in [6, 6.07) is 11.4. The van der Waals surface area contributed by atoms with E-state index in [0.717, 1.165) is 43.0 Å². The molecule has 0 aliphatic carbocycles. The molecule has 4 saturated heterocycles. The van der Waals surface area contributed by atoms with Crippen molar-refractivity contribution in [2.75, 3.05) is 44.5 Å². The number of piperazine rings is 1. The zero-order valence-corrected chi connectivity index (χ0v) is 24.2. The fourth-order valence-corrected chi connectivity index (χ4v) is 8.32. The summed E-state index contributed by atoms with van der Waals surface area (Å²) >= 11 is 0. The van der Waals surface area contributed by atoms with Crippen molar-refractivity contribution in [1.82, 2.24) is 20.2 Å². The molecule has 0 radical (unpaired) electrons. The molecule has 4 fully saturated rings. The highest BCUT2D eigenvalue weighted by Gasteiger charge is 2.49. The van der Waals surface area contributed by atoms with Crippen molar-refractivity contribution in [2.45, 2.75) is 55.9 Å². The van der Waals surface area contributed by atoms with E-state index >= 15 is 4.39 Å². The number of phenols is 1. The quantitative estimate of drug-likeness (QED) is 0.331. The maximum absolute atomic E-state index is 17.1. The molecule has 2 bridgehead atoms. The Morgan fingerprint density at radius 1 is 1.07 bits per heavy atom. The fourth-order valence-electron chi connectivity index (χ4n) is 8.32. The van der Waals surface area contributed by atoms with Crippen LogP contribution in [0.15, 0.2) is 36.4 Å². The lowest BCUT2D eigenvalue weighted by Crippen LogP contribution is -2.51. The van der Waals surface area contributed by atoms with Crippen molar-refractivity contribution in [3.8, 4) is 34.4 Å². The molecule has 11 heteroatoms. The average molecular weight is 602 g/mol. The maximum Gasteiger partial charge on any atom is 0.319 e. The predicted molar refractivity (Wildman–Crippen MR) is 161 cm³/mol. The molecule has 9 nitrogen and oxygen atoms in total. The number of aromatic hydroxyl groups is 1. The molecule has 4 atom stereocenters. The van der Waals surface area contributed by atoms with Crippen molar-refractivity contribution in [3.63, 3.8) is 0 Å². The van der Waals surface area contributed by atoms with Crippen LogP contribution in [0.2, 0.25) is 0 Å². The Kier molecular flexibility index (Phi) is 5.87. The molecule has 0 spiro atoms. The lowest BCUT2D eigenvalue weighted by atomic mass is 9.94. The number of alkyl halides is 1. The second-order valence-corrected chi connectivity index (χ2v) is 12.9. The first-order valence-corrected chi connectivity index (χ1v) is 15.5. The number of fused-ring (bicyclic) bond motifs is 7. The number of nitrogens with zero attached hydrogens (tertiary/aromatic N) is 4. The van der Waals surface area contributed by atoms with E-state index in [-0.39, 0.29) is 42.0 Å². The van der Waals surface area contributed by atoms with Gasteiger partial charge in [0, 0.05) is 43.7 Å². The standard InChI is InChI=1S/C33H33F2N5O4/c34-19-12-33(8-3-9-40(33)13-19)16-42-32-37-28-26(31(38-32)39-14-20-6-7-21(15-39)36-20)30-29(43-17-44-30)25(27(28)35)24-11-22(41)10-18-4-1-2-5-23(18)24/h1-2,4-5,10-11,19-21,36,41H,3,6-9,12-17H2/t19-,20-,21+,33+/m1/s1. The molecule has 5 aliphatic heterocycles. The summed E-state index contributed by atoms with van der Waals surface area (Å²) in [4.78, 5) is 13.9. The van der Waals surface area contributed by atoms with E-state index in [0.29, 0.717) is 60.7 Å². The number of halogens is 2. The average Bonchev–Trinajstić information content (AvgIpc) is 3.79. The van der Waals surface area contributed by atoms with Gasteiger partial charge >= 0.3 is 6.01 Å².